The van der Waals surface area contributed by atoms with Crippen molar-refractivity contribution in [1.82, 2.24) is 9.97 Å². The zero-order chi connectivity index (χ0) is 14.3. The molecule has 1 aromatic rings. The molecule has 1 unspecified atom stereocenters. The molecule has 0 fully saturated rings. The summed E-state index contributed by atoms with van der Waals surface area (Å²) in [5.74, 6) is 0.488. The second-order valence-corrected chi connectivity index (χ2v) is 5.70. The first-order chi connectivity index (χ1) is 8.95. The minimum absolute atomic E-state index is 0.341. The standard InChI is InChI=1S/C13H21N3O2S/c1-4-18-11(17)13(3,14)6-5-7-19-12-15-8-10(2)9-16-12/h8-9H,4-7,14H2,1-3H3. The van der Waals surface area contributed by atoms with E-state index in [9.17, 15) is 4.79 Å². The highest BCUT2D eigenvalue weighted by Gasteiger charge is 2.29. The Bertz CT molecular complexity index is 407. The van der Waals surface area contributed by atoms with E-state index in [0.717, 1.165) is 22.9 Å². The molecule has 19 heavy (non-hydrogen) atoms. The molecule has 1 heterocycles. The van der Waals surface area contributed by atoms with E-state index in [1.807, 2.05) is 6.92 Å². The van der Waals surface area contributed by atoms with Gasteiger partial charge in [0, 0.05) is 18.1 Å². The van der Waals surface area contributed by atoms with Crippen LogP contribution in [-0.4, -0.2) is 33.8 Å². The molecule has 1 rings (SSSR count). The number of hydrogen-bond acceptors (Lipinski definition) is 6. The Kier molecular flexibility index (Phi) is 6.24. The maximum atomic E-state index is 11.6. The van der Waals surface area contributed by atoms with E-state index >= 15 is 0 Å². The Morgan fingerprint density at radius 2 is 2.11 bits per heavy atom. The van der Waals surface area contributed by atoms with Crippen LogP contribution in [0.2, 0.25) is 0 Å². The molecular weight excluding hydrogens is 262 g/mol. The third-order valence-corrected chi connectivity index (χ3v) is 3.53. The third kappa shape index (κ3) is 5.57. The fourth-order valence-corrected chi connectivity index (χ4v) is 2.18. The number of nitrogens with two attached hydrogens (primary N) is 1. The molecule has 106 valence electrons. The minimum Gasteiger partial charge on any atom is -0.465 e. The van der Waals surface area contributed by atoms with Crippen molar-refractivity contribution < 1.29 is 9.53 Å². The van der Waals surface area contributed by atoms with Gasteiger partial charge in [0.25, 0.3) is 0 Å². The smallest absolute Gasteiger partial charge is 0.325 e. The van der Waals surface area contributed by atoms with Gasteiger partial charge in [-0.2, -0.15) is 0 Å². The molecule has 5 nitrogen and oxygen atoms in total. The Morgan fingerprint density at radius 1 is 1.47 bits per heavy atom. The lowest BCUT2D eigenvalue weighted by atomic mass is 9.98. The van der Waals surface area contributed by atoms with Gasteiger partial charge in [0.05, 0.1) is 6.61 Å². The van der Waals surface area contributed by atoms with Gasteiger partial charge in [-0.1, -0.05) is 11.8 Å². The maximum Gasteiger partial charge on any atom is 0.325 e. The lowest BCUT2D eigenvalue weighted by molar-refractivity contribution is -0.149. The summed E-state index contributed by atoms with van der Waals surface area (Å²) in [5.41, 5.74) is 6.06. The maximum absolute atomic E-state index is 11.6. The summed E-state index contributed by atoms with van der Waals surface area (Å²) in [6, 6.07) is 0. The van der Waals surface area contributed by atoms with Crippen molar-refractivity contribution in [3.63, 3.8) is 0 Å². The number of rotatable bonds is 7. The normalized spacial score (nSPS) is 13.9. The van der Waals surface area contributed by atoms with Gasteiger partial charge in [-0.3, -0.25) is 4.79 Å². The van der Waals surface area contributed by atoms with Crippen molar-refractivity contribution in [3.05, 3.63) is 18.0 Å². The number of thioether (sulfide) groups is 1. The van der Waals surface area contributed by atoms with E-state index in [2.05, 4.69) is 9.97 Å². The highest BCUT2D eigenvalue weighted by Crippen LogP contribution is 2.18. The van der Waals surface area contributed by atoms with Crippen molar-refractivity contribution >= 4 is 17.7 Å². The zero-order valence-electron chi connectivity index (χ0n) is 11.7. The Morgan fingerprint density at radius 3 is 2.68 bits per heavy atom. The number of hydrogen-bond donors (Lipinski definition) is 1. The highest BCUT2D eigenvalue weighted by molar-refractivity contribution is 7.99. The first kappa shape index (κ1) is 15.9. The molecule has 0 radical (unpaired) electrons. The molecule has 0 bridgehead atoms. The van der Waals surface area contributed by atoms with Gasteiger partial charge in [-0.25, -0.2) is 9.97 Å². The van der Waals surface area contributed by atoms with Crippen molar-refractivity contribution in [2.24, 2.45) is 5.73 Å². The van der Waals surface area contributed by atoms with Crippen LogP contribution in [0, 0.1) is 6.92 Å². The molecule has 0 aliphatic rings. The van der Waals surface area contributed by atoms with Gasteiger partial charge in [0.1, 0.15) is 5.54 Å². The number of esters is 1. The summed E-state index contributed by atoms with van der Waals surface area (Å²) in [7, 11) is 0. The van der Waals surface area contributed by atoms with Crippen LogP contribution in [0.15, 0.2) is 17.6 Å². The van der Waals surface area contributed by atoms with Crippen molar-refractivity contribution in [2.45, 2.75) is 44.3 Å². The van der Waals surface area contributed by atoms with Crippen molar-refractivity contribution in [2.75, 3.05) is 12.4 Å². The molecular formula is C13H21N3O2S. The zero-order valence-corrected chi connectivity index (χ0v) is 12.5. The molecule has 0 amide bonds. The SMILES string of the molecule is CCOC(=O)C(C)(N)CCCSc1ncc(C)cn1. The topological polar surface area (TPSA) is 78.1 Å². The number of carbonyl (C=O) groups is 1. The molecule has 0 aromatic carbocycles. The predicted octanol–water partition coefficient (Wildman–Crippen LogP) is 1.94. The Labute approximate surface area is 118 Å². The fraction of sp³-hybridized carbons (Fsp3) is 0.615. The largest absolute Gasteiger partial charge is 0.465 e. The first-order valence-electron chi connectivity index (χ1n) is 6.33. The summed E-state index contributed by atoms with van der Waals surface area (Å²) in [4.78, 5) is 20.0. The van der Waals surface area contributed by atoms with Gasteiger partial charge in [0.15, 0.2) is 5.16 Å². The molecule has 0 aliphatic carbocycles. The first-order valence-corrected chi connectivity index (χ1v) is 7.32. The number of aryl methyl sites for hydroxylation is 1. The lowest BCUT2D eigenvalue weighted by Gasteiger charge is -2.21. The highest BCUT2D eigenvalue weighted by atomic mass is 32.2. The second kappa shape index (κ2) is 7.45. The van der Waals surface area contributed by atoms with Crippen LogP contribution in [0.4, 0.5) is 0 Å². The number of ether oxygens (including phenoxy) is 1. The third-order valence-electron chi connectivity index (χ3n) is 2.57. The van der Waals surface area contributed by atoms with Crippen LogP contribution >= 0.6 is 11.8 Å². The van der Waals surface area contributed by atoms with Crippen LogP contribution in [0.5, 0.6) is 0 Å². The van der Waals surface area contributed by atoms with E-state index < -0.39 is 5.54 Å². The molecule has 0 saturated heterocycles. The average Bonchev–Trinajstić information content (AvgIpc) is 2.37. The molecule has 0 aliphatic heterocycles. The van der Waals surface area contributed by atoms with Gasteiger partial charge < -0.3 is 10.5 Å². The van der Waals surface area contributed by atoms with Crippen LogP contribution in [0.1, 0.15) is 32.3 Å². The summed E-state index contributed by atoms with van der Waals surface area (Å²) in [6.07, 6.45) is 4.99. The quantitative estimate of drug-likeness (QED) is 0.356. The van der Waals surface area contributed by atoms with Gasteiger partial charge in [0.2, 0.25) is 0 Å². The van der Waals surface area contributed by atoms with Crippen molar-refractivity contribution in [3.8, 4) is 0 Å². The molecule has 1 atom stereocenters. The van der Waals surface area contributed by atoms with E-state index in [4.69, 9.17) is 10.5 Å². The van der Waals surface area contributed by atoms with Gasteiger partial charge in [-0.15, -0.1) is 0 Å². The van der Waals surface area contributed by atoms with Crippen LogP contribution in [-0.2, 0) is 9.53 Å². The van der Waals surface area contributed by atoms with E-state index in [1.54, 1.807) is 38.0 Å². The average molecular weight is 283 g/mol. The van der Waals surface area contributed by atoms with Crippen LogP contribution in [0.3, 0.4) is 0 Å². The van der Waals surface area contributed by atoms with E-state index in [-0.39, 0.29) is 5.97 Å². The lowest BCUT2D eigenvalue weighted by Crippen LogP contribution is -2.46. The Hall–Kier alpha value is -1.14. The predicted molar refractivity (Wildman–Crippen MR) is 76.0 cm³/mol. The van der Waals surface area contributed by atoms with Crippen molar-refractivity contribution in [1.29, 1.82) is 0 Å². The number of nitrogens with zero attached hydrogens (tertiary/aromatic N) is 2. The van der Waals surface area contributed by atoms with E-state index in [0.29, 0.717) is 13.0 Å². The molecule has 2 N–H and O–H groups in total. The van der Waals surface area contributed by atoms with Crippen LogP contribution in [0.25, 0.3) is 0 Å². The van der Waals surface area contributed by atoms with E-state index in [1.165, 1.54) is 0 Å². The number of aromatic nitrogens is 2. The van der Waals surface area contributed by atoms with Gasteiger partial charge in [-0.05, 0) is 39.2 Å². The molecule has 1 aromatic heterocycles. The molecule has 0 saturated carbocycles. The summed E-state index contributed by atoms with van der Waals surface area (Å²) >= 11 is 1.56. The molecule has 0 spiro atoms. The molecule has 6 heteroatoms. The second-order valence-electron chi connectivity index (χ2n) is 4.63. The summed E-state index contributed by atoms with van der Waals surface area (Å²) in [5, 5.41) is 0.750. The minimum atomic E-state index is -0.912. The van der Waals surface area contributed by atoms with Gasteiger partial charge >= 0.3 is 5.97 Å². The van der Waals surface area contributed by atoms with Crippen LogP contribution < -0.4 is 5.73 Å². The fourth-order valence-electron chi connectivity index (χ4n) is 1.46. The monoisotopic (exact) mass is 283 g/mol. The summed E-state index contributed by atoms with van der Waals surface area (Å²) in [6.45, 7) is 5.79. The number of carbonyl (C=O) groups excluding carboxylic acids is 1. The Balaban J connectivity index is 2.30. The summed E-state index contributed by atoms with van der Waals surface area (Å²) < 4.78 is 4.94.